The van der Waals surface area contributed by atoms with Gasteiger partial charge in [0, 0.05) is 6.61 Å². The Morgan fingerprint density at radius 3 is 1.55 bits per heavy atom. The number of ether oxygens (including phenoxy) is 4. The molecular formula is C23H32O6. The zero-order chi connectivity index (χ0) is 21.4. The van der Waals surface area contributed by atoms with Crippen molar-refractivity contribution in [2.45, 2.75) is 25.9 Å². The molecule has 0 aliphatic heterocycles. The summed E-state index contributed by atoms with van der Waals surface area (Å²) in [6.07, 6.45) is 0.636. The van der Waals surface area contributed by atoms with E-state index in [1.54, 1.807) is 35.4 Å². The molecule has 0 aliphatic rings. The molecule has 6 heteroatoms. The Hall–Kier alpha value is -2.44. The summed E-state index contributed by atoms with van der Waals surface area (Å²) in [5, 5.41) is 20.5. The van der Waals surface area contributed by atoms with Gasteiger partial charge >= 0.3 is 0 Å². The molecule has 2 aromatic carbocycles. The van der Waals surface area contributed by atoms with Crippen molar-refractivity contribution in [1.29, 1.82) is 0 Å². The number of aliphatic hydroxyl groups is 2. The molecule has 2 aromatic rings. The molecule has 0 aromatic heterocycles. The molecule has 0 saturated carbocycles. The lowest BCUT2D eigenvalue weighted by molar-refractivity contribution is 0.0598. The number of benzene rings is 2. The molecule has 0 unspecified atom stereocenters. The van der Waals surface area contributed by atoms with E-state index >= 15 is 0 Å². The standard InChI is InChI=1S/C23H32O6/c1-15(25)19(11-17-7-9-21(27-3)23(13-17)29-5)18(14-24)10-16-6-8-20(26-2)22(12-16)28-4/h6-9,12-13,15,18-19,24-25H,10-11,14H2,1-5H3/t15-,18-,19+/m1/s1. The van der Waals surface area contributed by atoms with E-state index in [0.29, 0.717) is 35.8 Å². The fourth-order valence-corrected chi connectivity index (χ4v) is 3.67. The molecule has 2 N–H and O–H groups in total. The zero-order valence-corrected chi connectivity index (χ0v) is 17.8. The maximum absolute atomic E-state index is 10.5. The fourth-order valence-electron chi connectivity index (χ4n) is 3.67. The van der Waals surface area contributed by atoms with E-state index in [1.807, 2.05) is 36.4 Å². The third-order valence-electron chi connectivity index (χ3n) is 5.32. The van der Waals surface area contributed by atoms with Crippen LogP contribution in [0.5, 0.6) is 23.0 Å². The Morgan fingerprint density at radius 1 is 0.724 bits per heavy atom. The minimum Gasteiger partial charge on any atom is -0.493 e. The highest BCUT2D eigenvalue weighted by molar-refractivity contribution is 5.44. The first-order chi connectivity index (χ1) is 14.0. The van der Waals surface area contributed by atoms with Crippen molar-refractivity contribution in [3.8, 4) is 23.0 Å². The second-order valence-electron chi connectivity index (χ2n) is 7.13. The summed E-state index contributed by atoms with van der Waals surface area (Å²) >= 11 is 0. The molecule has 0 radical (unpaired) electrons. The number of hydrogen-bond acceptors (Lipinski definition) is 6. The summed E-state index contributed by atoms with van der Waals surface area (Å²) in [6, 6.07) is 11.5. The SMILES string of the molecule is COc1ccc(C[C@H](CO)[C@@H](Cc2ccc(OC)c(OC)c2)[C@@H](C)O)cc1OC. The first kappa shape index (κ1) is 22.8. The molecular weight excluding hydrogens is 372 g/mol. The third kappa shape index (κ3) is 5.78. The molecule has 0 bridgehead atoms. The molecule has 0 saturated heterocycles. The van der Waals surface area contributed by atoms with Gasteiger partial charge in [-0.15, -0.1) is 0 Å². The number of hydrogen-bond donors (Lipinski definition) is 2. The summed E-state index contributed by atoms with van der Waals surface area (Å²) in [7, 11) is 6.39. The highest BCUT2D eigenvalue weighted by Crippen LogP contribution is 2.33. The smallest absolute Gasteiger partial charge is 0.160 e. The number of rotatable bonds is 11. The predicted octanol–water partition coefficient (Wildman–Crippen LogP) is 3.11. The summed E-state index contributed by atoms with van der Waals surface area (Å²) in [5.41, 5.74) is 2.03. The molecule has 3 atom stereocenters. The minimum absolute atomic E-state index is 0.0306. The van der Waals surface area contributed by atoms with Crippen LogP contribution in [0.4, 0.5) is 0 Å². The van der Waals surface area contributed by atoms with Crippen molar-refractivity contribution in [2.24, 2.45) is 11.8 Å². The van der Waals surface area contributed by atoms with Gasteiger partial charge in [0.1, 0.15) is 0 Å². The predicted molar refractivity (Wildman–Crippen MR) is 112 cm³/mol. The summed E-state index contributed by atoms with van der Waals surface area (Å²) in [4.78, 5) is 0. The fraction of sp³-hybridized carbons (Fsp3) is 0.478. The van der Waals surface area contributed by atoms with Gasteiger partial charge in [-0.25, -0.2) is 0 Å². The Kier molecular flexibility index (Phi) is 8.61. The van der Waals surface area contributed by atoms with Crippen LogP contribution in [0.25, 0.3) is 0 Å². The van der Waals surface area contributed by atoms with E-state index in [0.717, 1.165) is 11.1 Å². The maximum atomic E-state index is 10.5. The van der Waals surface area contributed by atoms with Gasteiger partial charge in [-0.1, -0.05) is 12.1 Å². The Balaban J connectivity index is 2.23. The van der Waals surface area contributed by atoms with Gasteiger partial charge in [0.25, 0.3) is 0 Å². The zero-order valence-electron chi connectivity index (χ0n) is 17.8. The van der Waals surface area contributed by atoms with Crippen LogP contribution < -0.4 is 18.9 Å². The van der Waals surface area contributed by atoms with Crippen LogP contribution in [0.2, 0.25) is 0 Å². The molecule has 2 rings (SSSR count). The highest BCUT2D eigenvalue weighted by Gasteiger charge is 2.27. The average molecular weight is 405 g/mol. The van der Waals surface area contributed by atoms with Crippen molar-refractivity contribution in [3.05, 3.63) is 47.5 Å². The van der Waals surface area contributed by atoms with Crippen molar-refractivity contribution >= 4 is 0 Å². The van der Waals surface area contributed by atoms with Gasteiger partial charge in [-0.3, -0.25) is 0 Å². The largest absolute Gasteiger partial charge is 0.493 e. The van der Waals surface area contributed by atoms with Gasteiger partial charge in [0.2, 0.25) is 0 Å². The number of aliphatic hydroxyl groups excluding tert-OH is 2. The van der Waals surface area contributed by atoms with E-state index in [-0.39, 0.29) is 18.4 Å². The van der Waals surface area contributed by atoms with Crippen molar-refractivity contribution < 1.29 is 29.2 Å². The third-order valence-corrected chi connectivity index (χ3v) is 5.32. The Morgan fingerprint density at radius 2 is 1.17 bits per heavy atom. The normalized spacial score (nSPS) is 14.0. The van der Waals surface area contributed by atoms with Gasteiger partial charge in [-0.05, 0) is 67.0 Å². The first-order valence-electron chi connectivity index (χ1n) is 9.68. The maximum Gasteiger partial charge on any atom is 0.160 e. The van der Waals surface area contributed by atoms with Gasteiger partial charge in [-0.2, -0.15) is 0 Å². The van der Waals surface area contributed by atoms with Gasteiger partial charge in [0.05, 0.1) is 34.5 Å². The molecule has 160 valence electrons. The topological polar surface area (TPSA) is 77.4 Å². The van der Waals surface area contributed by atoms with Crippen molar-refractivity contribution in [3.63, 3.8) is 0 Å². The molecule has 6 nitrogen and oxygen atoms in total. The van der Waals surface area contributed by atoms with Gasteiger partial charge < -0.3 is 29.2 Å². The van der Waals surface area contributed by atoms with Crippen LogP contribution in [0.3, 0.4) is 0 Å². The number of methoxy groups -OCH3 is 4. The average Bonchev–Trinajstić information content (AvgIpc) is 2.75. The minimum atomic E-state index is -0.583. The Bertz CT molecular complexity index is 774. The molecule has 0 heterocycles. The van der Waals surface area contributed by atoms with Crippen LogP contribution in [0.15, 0.2) is 36.4 Å². The van der Waals surface area contributed by atoms with E-state index in [1.165, 1.54) is 0 Å². The monoisotopic (exact) mass is 404 g/mol. The van der Waals surface area contributed by atoms with Crippen molar-refractivity contribution in [2.75, 3.05) is 35.0 Å². The molecule has 0 amide bonds. The Labute approximate surface area is 173 Å². The van der Waals surface area contributed by atoms with Crippen molar-refractivity contribution in [1.82, 2.24) is 0 Å². The van der Waals surface area contributed by atoms with E-state index in [2.05, 4.69) is 0 Å². The van der Waals surface area contributed by atoms with E-state index < -0.39 is 6.10 Å². The van der Waals surface area contributed by atoms with E-state index in [9.17, 15) is 10.2 Å². The molecule has 0 spiro atoms. The van der Waals surface area contributed by atoms with Crippen LogP contribution in [0, 0.1) is 11.8 Å². The first-order valence-corrected chi connectivity index (χ1v) is 9.68. The van der Waals surface area contributed by atoms with Crippen LogP contribution in [-0.4, -0.2) is 51.4 Å². The van der Waals surface area contributed by atoms with Crippen LogP contribution in [0.1, 0.15) is 18.1 Å². The quantitative estimate of drug-likeness (QED) is 0.599. The second-order valence-corrected chi connectivity index (χ2v) is 7.13. The molecule has 0 fully saturated rings. The van der Waals surface area contributed by atoms with E-state index in [4.69, 9.17) is 18.9 Å². The summed E-state index contributed by atoms with van der Waals surface area (Å²) in [6.45, 7) is 1.74. The lowest BCUT2D eigenvalue weighted by atomic mass is 9.80. The molecule has 0 aliphatic carbocycles. The lowest BCUT2D eigenvalue weighted by Crippen LogP contribution is -2.31. The lowest BCUT2D eigenvalue weighted by Gasteiger charge is -2.29. The summed E-state index contributed by atoms with van der Waals surface area (Å²) in [5.74, 6) is 2.36. The summed E-state index contributed by atoms with van der Waals surface area (Å²) < 4.78 is 21.4. The second kappa shape index (κ2) is 10.9. The van der Waals surface area contributed by atoms with Crippen LogP contribution in [-0.2, 0) is 12.8 Å². The van der Waals surface area contributed by atoms with Gasteiger partial charge in [0.15, 0.2) is 23.0 Å². The molecule has 29 heavy (non-hydrogen) atoms. The van der Waals surface area contributed by atoms with Crippen LogP contribution >= 0.6 is 0 Å². The highest BCUT2D eigenvalue weighted by atomic mass is 16.5.